The van der Waals surface area contributed by atoms with Gasteiger partial charge in [0.05, 0.1) is 0 Å². The van der Waals surface area contributed by atoms with Crippen LogP contribution in [0, 0.1) is 0 Å². The highest BCUT2D eigenvalue weighted by atomic mass is 31.2. The molecule has 27 heavy (non-hydrogen) atoms. The van der Waals surface area contributed by atoms with E-state index in [1.807, 2.05) is 9.80 Å². The molecule has 0 aromatic heterocycles. The minimum atomic E-state index is -4.15. The second-order valence-electron chi connectivity index (χ2n) is 7.57. The number of hydrogen-bond acceptors (Lipinski definition) is 6. The monoisotopic (exact) mass is 428 g/mol. The molecule has 0 aromatic carbocycles. The van der Waals surface area contributed by atoms with Crippen LogP contribution in [0.4, 0.5) is 0 Å². The number of fused-ring (bicyclic) bond motifs is 3. The van der Waals surface area contributed by atoms with Crippen molar-refractivity contribution in [3.63, 3.8) is 0 Å². The van der Waals surface area contributed by atoms with Crippen LogP contribution < -0.4 is 0 Å². The van der Waals surface area contributed by atoms with E-state index in [9.17, 15) is 28.7 Å². The Morgan fingerprint density at radius 2 is 1.26 bits per heavy atom. The van der Waals surface area contributed by atoms with Gasteiger partial charge in [0.1, 0.15) is 12.1 Å². The zero-order valence-corrected chi connectivity index (χ0v) is 17.8. The average molecular weight is 428 g/mol. The normalized spacial score (nSPS) is 29.4. The first-order chi connectivity index (χ1) is 12.5. The van der Waals surface area contributed by atoms with E-state index in [0.29, 0.717) is 26.2 Å². The van der Waals surface area contributed by atoms with E-state index in [1.54, 1.807) is 6.92 Å². The largest absolute Gasteiger partial charge is 0.342 e. The Labute approximate surface area is 161 Å². The standard InChI is InChI=1S/C15H34N4O6P2/c1-15(27(23,24)25)19-7-3-5-16-8-9-17(12-13-19)4-2-6-18(11-10-16)14-26(20,21)22/h15H,2-14H2,1H3,(H2,20,21,22)(H2,23,24,25). The summed E-state index contributed by atoms with van der Waals surface area (Å²) in [4.78, 5) is 46.0. The Hall–Kier alpha value is 0.140. The van der Waals surface area contributed by atoms with Crippen molar-refractivity contribution in [1.29, 1.82) is 0 Å². The Morgan fingerprint density at radius 3 is 1.81 bits per heavy atom. The van der Waals surface area contributed by atoms with Crippen LogP contribution in [0.1, 0.15) is 19.8 Å². The molecule has 3 atom stereocenters. The molecule has 2 aliphatic rings. The summed E-state index contributed by atoms with van der Waals surface area (Å²) >= 11 is 0. The van der Waals surface area contributed by atoms with Crippen molar-refractivity contribution in [1.82, 2.24) is 19.6 Å². The molecular weight excluding hydrogens is 394 g/mol. The molecule has 0 spiro atoms. The van der Waals surface area contributed by atoms with Crippen LogP contribution in [0.5, 0.6) is 0 Å². The van der Waals surface area contributed by atoms with Crippen molar-refractivity contribution in [3.05, 3.63) is 0 Å². The maximum absolute atomic E-state index is 11.7. The molecule has 3 unspecified atom stereocenters. The van der Waals surface area contributed by atoms with Gasteiger partial charge in [-0.05, 0) is 32.9 Å². The SMILES string of the molecule is CC(N1CCCN2CCN(CCCN(CP(=O)(O)O)CC2)CC1)P(=O)(O)O. The van der Waals surface area contributed by atoms with Gasteiger partial charge in [-0.3, -0.25) is 18.9 Å². The second kappa shape index (κ2) is 10.3. The molecule has 2 rings (SSSR count). The first kappa shape index (κ1) is 23.4. The fraction of sp³-hybridized carbons (Fsp3) is 1.00. The highest BCUT2D eigenvalue weighted by Crippen LogP contribution is 2.42. The van der Waals surface area contributed by atoms with Crippen LogP contribution in [0.25, 0.3) is 0 Å². The van der Waals surface area contributed by atoms with Gasteiger partial charge < -0.3 is 29.4 Å². The summed E-state index contributed by atoms with van der Waals surface area (Å²) in [7, 11) is -8.22. The zero-order chi connectivity index (χ0) is 20.1. The summed E-state index contributed by atoms with van der Waals surface area (Å²) in [5, 5.41) is 0. The van der Waals surface area contributed by atoms with E-state index in [-0.39, 0.29) is 6.29 Å². The Bertz CT molecular complexity index is 556. The molecule has 0 radical (unpaired) electrons. The molecule has 2 bridgehead atoms. The molecule has 0 amide bonds. The fourth-order valence-electron chi connectivity index (χ4n) is 3.73. The van der Waals surface area contributed by atoms with Gasteiger partial charge >= 0.3 is 15.2 Å². The lowest BCUT2D eigenvalue weighted by atomic mass is 10.2. The average Bonchev–Trinajstić information content (AvgIpc) is 2.55. The van der Waals surface area contributed by atoms with Crippen molar-refractivity contribution < 1.29 is 28.7 Å². The molecule has 0 aromatic rings. The van der Waals surface area contributed by atoms with E-state index in [4.69, 9.17) is 0 Å². The molecule has 10 nitrogen and oxygen atoms in total. The predicted molar refractivity (Wildman–Crippen MR) is 104 cm³/mol. The molecule has 2 saturated heterocycles. The summed E-state index contributed by atoms with van der Waals surface area (Å²) in [6.45, 7) is 8.98. The van der Waals surface area contributed by atoms with Gasteiger partial charge in [-0.2, -0.15) is 0 Å². The van der Waals surface area contributed by atoms with Crippen LogP contribution in [-0.4, -0.2) is 117 Å². The topological polar surface area (TPSA) is 128 Å². The predicted octanol–water partition coefficient (Wildman–Crippen LogP) is -0.339. The third-order valence-electron chi connectivity index (χ3n) is 5.44. The Kier molecular flexibility index (Phi) is 8.89. The van der Waals surface area contributed by atoms with E-state index in [2.05, 4.69) is 9.80 Å². The quantitative estimate of drug-likeness (QED) is 0.442. The molecule has 12 heteroatoms. The van der Waals surface area contributed by atoms with Gasteiger partial charge in [0.25, 0.3) is 0 Å². The molecule has 2 heterocycles. The second-order valence-corrected chi connectivity index (χ2v) is 11.1. The smallest absolute Gasteiger partial charge is 0.324 e. The summed E-state index contributed by atoms with van der Waals surface area (Å²) in [5.74, 6) is -0.779. The van der Waals surface area contributed by atoms with Crippen LogP contribution in [0.2, 0.25) is 0 Å². The summed E-state index contributed by atoms with van der Waals surface area (Å²) in [5.41, 5.74) is 0. The lowest BCUT2D eigenvalue weighted by Gasteiger charge is -2.37. The van der Waals surface area contributed by atoms with Crippen LogP contribution in [0.3, 0.4) is 0 Å². The van der Waals surface area contributed by atoms with Gasteiger partial charge in [0.15, 0.2) is 0 Å². The maximum atomic E-state index is 11.7. The minimum absolute atomic E-state index is 0.200. The highest BCUT2D eigenvalue weighted by molar-refractivity contribution is 7.52. The minimum Gasteiger partial charge on any atom is -0.324 e. The van der Waals surface area contributed by atoms with Crippen LogP contribution >= 0.6 is 15.2 Å². The fourth-order valence-corrected chi connectivity index (χ4v) is 5.19. The van der Waals surface area contributed by atoms with Crippen molar-refractivity contribution >= 4 is 15.2 Å². The molecular formula is C15H34N4O6P2. The molecule has 2 fully saturated rings. The number of hydrogen-bond donors (Lipinski definition) is 4. The van der Waals surface area contributed by atoms with Crippen LogP contribution in [-0.2, 0) is 9.13 Å². The van der Waals surface area contributed by atoms with Gasteiger partial charge in [-0.1, -0.05) is 0 Å². The van der Waals surface area contributed by atoms with E-state index in [0.717, 1.165) is 52.1 Å². The summed E-state index contributed by atoms with van der Waals surface area (Å²) in [6, 6.07) is 0. The van der Waals surface area contributed by atoms with Crippen molar-refractivity contribution in [2.24, 2.45) is 0 Å². The lowest BCUT2D eigenvalue weighted by Crippen LogP contribution is -2.48. The first-order valence-electron chi connectivity index (χ1n) is 9.55. The van der Waals surface area contributed by atoms with Gasteiger partial charge in [0.2, 0.25) is 0 Å². The Balaban J connectivity index is 2.04. The van der Waals surface area contributed by atoms with Crippen molar-refractivity contribution in [2.45, 2.75) is 25.5 Å². The molecule has 160 valence electrons. The molecule has 4 N–H and O–H groups in total. The first-order valence-corrected chi connectivity index (χ1v) is 13.0. The Morgan fingerprint density at radius 1 is 0.741 bits per heavy atom. The van der Waals surface area contributed by atoms with Gasteiger partial charge in [0, 0.05) is 52.4 Å². The van der Waals surface area contributed by atoms with Crippen molar-refractivity contribution in [3.8, 4) is 0 Å². The van der Waals surface area contributed by atoms with Gasteiger partial charge in [-0.25, -0.2) is 0 Å². The molecule has 2 aliphatic heterocycles. The zero-order valence-electron chi connectivity index (χ0n) is 16.1. The van der Waals surface area contributed by atoms with Crippen molar-refractivity contribution in [2.75, 3.05) is 71.7 Å². The lowest BCUT2D eigenvalue weighted by molar-refractivity contribution is 0.116. The molecule has 0 aliphatic carbocycles. The number of nitrogens with zero attached hydrogens (tertiary/aromatic N) is 4. The highest BCUT2D eigenvalue weighted by Gasteiger charge is 2.30. The van der Waals surface area contributed by atoms with Crippen LogP contribution in [0.15, 0.2) is 0 Å². The third kappa shape index (κ3) is 8.58. The number of rotatable bonds is 4. The maximum Gasteiger partial charge on any atom is 0.342 e. The summed E-state index contributed by atoms with van der Waals surface area (Å²) in [6.07, 6.45) is 1.42. The van der Waals surface area contributed by atoms with E-state index >= 15 is 0 Å². The molecule has 0 saturated carbocycles. The van der Waals surface area contributed by atoms with Gasteiger partial charge in [-0.15, -0.1) is 0 Å². The van der Waals surface area contributed by atoms with E-state index in [1.165, 1.54) is 0 Å². The third-order valence-corrected chi connectivity index (χ3v) is 7.50. The van der Waals surface area contributed by atoms with E-state index < -0.39 is 21.0 Å². The summed E-state index contributed by atoms with van der Waals surface area (Å²) < 4.78 is 23.1.